The number of para-hydroxylation sites is 2. The molecule has 6 aromatic rings. The Hall–Kier alpha value is -5.21. The summed E-state index contributed by atoms with van der Waals surface area (Å²) in [5, 5.41) is 0. The number of anilines is 3. The minimum absolute atomic E-state index is 0.0204. The molecule has 0 bridgehead atoms. The molecule has 2 heteroatoms. The molecule has 0 amide bonds. The van der Waals surface area contributed by atoms with Gasteiger partial charge in [-0.25, -0.2) is 0 Å². The summed E-state index contributed by atoms with van der Waals surface area (Å²) in [6.07, 6.45) is 0. The van der Waals surface area contributed by atoms with Crippen LogP contribution in [0, 0.1) is 0 Å². The number of nitrogens with zero attached hydrogens (tertiary/aromatic N) is 1. The molecule has 0 aromatic heterocycles. The fourth-order valence-electron chi connectivity index (χ4n) is 9.26. The molecule has 2 nitrogen and oxygen atoms in total. The van der Waals surface area contributed by atoms with Crippen LogP contribution in [-0.2, 0) is 21.7 Å². The first kappa shape index (κ1) is 31.7. The summed E-state index contributed by atoms with van der Waals surface area (Å²) >= 11 is 0. The van der Waals surface area contributed by atoms with Crippen LogP contribution in [0.2, 0.25) is 0 Å². The van der Waals surface area contributed by atoms with Crippen LogP contribution < -0.4 is 4.90 Å². The summed E-state index contributed by atoms with van der Waals surface area (Å²) in [5.74, 6) is 0.113. The van der Waals surface area contributed by atoms with Crippen LogP contribution in [-0.4, -0.2) is 5.78 Å². The normalized spacial score (nSPS) is 16.2. The van der Waals surface area contributed by atoms with Crippen molar-refractivity contribution in [2.45, 2.75) is 77.0 Å². The minimum atomic E-state index is -0.611. The van der Waals surface area contributed by atoms with Crippen molar-refractivity contribution in [2.24, 2.45) is 0 Å². The minimum Gasteiger partial charge on any atom is -0.310 e. The van der Waals surface area contributed by atoms with E-state index in [4.69, 9.17) is 0 Å². The highest BCUT2D eigenvalue weighted by Crippen LogP contribution is 2.64. The number of ketones is 1. The molecule has 0 unspecified atom stereocenters. The fourth-order valence-corrected chi connectivity index (χ4v) is 9.26. The molecule has 1 spiro atoms. The third kappa shape index (κ3) is 4.26. The molecular weight excluding hydrogens is 619 g/mol. The van der Waals surface area contributed by atoms with Gasteiger partial charge in [0.25, 0.3) is 0 Å². The lowest BCUT2D eigenvalue weighted by molar-refractivity contribution is 0.103. The van der Waals surface area contributed by atoms with Crippen LogP contribution in [0.1, 0.15) is 116 Å². The third-order valence-electron chi connectivity index (χ3n) is 12.0. The van der Waals surface area contributed by atoms with Gasteiger partial charge >= 0.3 is 0 Å². The molecule has 6 aromatic carbocycles. The quantitative estimate of drug-likeness (QED) is 0.174. The van der Waals surface area contributed by atoms with Gasteiger partial charge in [0.1, 0.15) is 0 Å². The maximum absolute atomic E-state index is 14.5. The first-order valence-electron chi connectivity index (χ1n) is 18.3. The van der Waals surface area contributed by atoms with Gasteiger partial charge < -0.3 is 4.90 Å². The predicted molar refractivity (Wildman–Crippen MR) is 211 cm³/mol. The SMILES string of the molecule is CC(C)(C)c1cc(N2c3ccccc3C3(c4ccccc4-c4cc5c(cc43)C(=O)c3ccccc3C5(C)C)c3ccccc32)cc(C(C)(C)C)c1. The molecule has 3 aliphatic rings. The number of benzene rings is 6. The van der Waals surface area contributed by atoms with Crippen LogP contribution in [0.4, 0.5) is 17.1 Å². The van der Waals surface area contributed by atoms with E-state index in [1.807, 2.05) is 12.1 Å². The fraction of sp³-hybridized carbons (Fsp3) is 0.245. The van der Waals surface area contributed by atoms with E-state index < -0.39 is 5.41 Å². The van der Waals surface area contributed by atoms with Crippen molar-refractivity contribution < 1.29 is 4.79 Å². The Bertz CT molecular complexity index is 2370. The van der Waals surface area contributed by atoms with Gasteiger partial charge in [-0.1, -0.05) is 146 Å². The Balaban J connectivity index is 1.38. The first-order valence-corrected chi connectivity index (χ1v) is 18.3. The van der Waals surface area contributed by atoms with E-state index in [1.165, 1.54) is 61.6 Å². The monoisotopic (exact) mass is 663 g/mol. The molecule has 0 saturated carbocycles. The van der Waals surface area contributed by atoms with Crippen LogP contribution in [0.15, 0.2) is 127 Å². The largest absolute Gasteiger partial charge is 0.310 e. The van der Waals surface area contributed by atoms with Gasteiger partial charge in [0.2, 0.25) is 0 Å². The smallest absolute Gasteiger partial charge is 0.193 e. The molecule has 1 aliphatic heterocycles. The molecule has 51 heavy (non-hydrogen) atoms. The molecule has 0 N–H and O–H groups in total. The average Bonchev–Trinajstić information content (AvgIpc) is 3.39. The second-order valence-electron chi connectivity index (χ2n) is 17.4. The van der Waals surface area contributed by atoms with Crippen LogP contribution in [0.5, 0.6) is 0 Å². The number of carbonyl (C=O) groups is 1. The van der Waals surface area contributed by atoms with Crippen molar-refractivity contribution in [3.63, 3.8) is 0 Å². The lowest BCUT2D eigenvalue weighted by Crippen LogP contribution is -2.37. The molecule has 9 rings (SSSR count). The summed E-state index contributed by atoms with van der Waals surface area (Å²) < 4.78 is 0. The zero-order valence-corrected chi connectivity index (χ0v) is 31.0. The zero-order valence-electron chi connectivity index (χ0n) is 31.0. The van der Waals surface area contributed by atoms with E-state index in [-0.39, 0.29) is 22.0 Å². The van der Waals surface area contributed by atoms with Crippen LogP contribution >= 0.6 is 0 Å². The lowest BCUT2D eigenvalue weighted by Gasteiger charge is -2.45. The van der Waals surface area contributed by atoms with Crippen molar-refractivity contribution in [1.29, 1.82) is 0 Å². The Morgan fingerprint density at radius 2 is 0.922 bits per heavy atom. The summed E-state index contributed by atoms with van der Waals surface area (Å²) in [6.45, 7) is 18.4. The highest BCUT2D eigenvalue weighted by molar-refractivity contribution is 6.14. The van der Waals surface area contributed by atoms with E-state index in [0.29, 0.717) is 0 Å². The predicted octanol–water partition coefficient (Wildman–Crippen LogP) is 12.3. The number of hydrogen-bond donors (Lipinski definition) is 0. The Labute approximate surface area is 302 Å². The maximum Gasteiger partial charge on any atom is 0.193 e. The summed E-state index contributed by atoms with van der Waals surface area (Å²) in [7, 11) is 0. The topological polar surface area (TPSA) is 20.3 Å². The molecule has 0 radical (unpaired) electrons. The van der Waals surface area contributed by atoms with Crippen molar-refractivity contribution in [3.8, 4) is 11.1 Å². The van der Waals surface area contributed by atoms with Crippen molar-refractivity contribution in [2.75, 3.05) is 4.90 Å². The summed E-state index contributed by atoms with van der Waals surface area (Å²) in [6, 6.07) is 46.8. The average molecular weight is 664 g/mol. The third-order valence-corrected chi connectivity index (χ3v) is 12.0. The van der Waals surface area contributed by atoms with Crippen molar-refractivity contribution >= 4 is 22.8 Å². The second-order valence-corrected chi connectivity index (χ2v) is 17.4. The van der Waals surface area contributed by atoms with Gasteiger partial charge in [-0.2, -0.15) is 0 Å². The van der Waals surface area contributed by atoms with Gasteiger partial charge in [-0.15, -0.1) is 0 Å². The number of hydrogen-bond acceptors (Lipinski definition) is 2. The van der Waals surface area contributed by atoms with E-state index >= 15 is 0 Å². The van der Waals surface area contributed by atoms with Crippen molar-refractivity contribution in [3.05, 3.63) is 183 Å². The highest BCUT2D eigenvalue weighted by Gasteiger charge is 2.53. The first-order chi connectivity index (χ1) is 24.2. The van der Waals surface area contributed by atoms with E-state index in [9.17, 15) is 4.79 Å². The van der Waals surface area contributed by atoms with Gasteiger partial charge in [-0.3, -0.25) is 4.79 Å². The van der Waals surface area contributed by atoms with E-state index in [0.717, 1.165) is 22.3 Å². The lowest BCUT2D eigenvalue weighted by atomic mass is 9.63. The van der Waals surface area contributed by atoms with Crippen LogP contribution in [0.3, 0.4) is 0 Å². The van der Waals surface area contributed by atoms with Crippen molar-refractivity contribution in [1.82, 2.24) is 0 Å². The Kier molecular flexibility index (Phi) is 6.49. The number of carbonyl (C=O) groups excluding carboxylic acids is 1. The standard InChI is InChI=1S/C49H45NO/c1-46(2,3)30-25-31(47(4,5)6)27-32(26-30)50-43-23-15-13-21-39(43)49(40-22-14-16-24-44(40)50)38-20-12-9-17-33(38)35-28-41-36(29-42(35)49)45(51)34-18-10-11-19-37(34)48(41,7)8/h9-29H,1-8H3. The molecule has 1 heterocycles. The number of fused-ring (bicyclic) bond motifs is 11. The van der Waals surface area contributed by atoms with E-state index in [2.05, 4.69) is 176 Å². The molecule has 0 atom stereocenters. The van der Waals surface area contributed by atoms with Gasteiger partial charge in [-0.05, 0) is 103 Å². The van der Waals surface area contributed by atoms with Gasteiger partial charge in [0.15, 0.2) is 5.78 Å². The Morgan fingerprint density at radius 3 is 1.49 bits per heavy atom. The molecule has 0 fully saturated rings. The van der Waals surface area contributed by atoms with Crippen LogP contribution in [0.25, 0.3) is 11.1 Å². The summed E-state index contributed by atoms with van der Waals surface area (Å²) in [5.41, 5.74) is 16.4. The molecule has 2 aliphatic carbocycles. The van der Waals surface area contributed by atoms with Gasteiger partial charge in [0.05, 0.1) is 16.8 Å². The van der Waals surface area contributed by atoms with Gasteiger partial charge in [0, 0.05) is 22.2 Å². The molecular formula is C49H45NO. The molecule has 252 valence electrons. The van der Waals surface area contributed by atoms with E-state index in [1.54, 1.807) is 0 Å². The summed E-state index contributed by atoms with van der Waals surface area (Å²) in [4.78, 5) is 17.0. The maximum atomic E-state index is 14.5. The highest BCUT2D eigenvalue weighted by atomic mass is 16.1. The zero-order chi connectivity index (χ0) is 35.7. The number of rotatable bonds is 1. The molecule has 0 saturated heterocycles. The Morgan fingerprint density at radius 1 is 0.451 bits per heavy atom. The second kappa shape index (κ2) is 10.4.